The standard InChI is InChI=1S/C73H50O6/c1-47-19-21-50(22-20-47)71(74)51-23-35-56(36-24-51)77-58-41-31-54(32-42-58)73(65-17-9-7-15-63(65)64-16-8-10-18-66(64)73)55-33-43-59(44-34-55)78-57-37-25-52(26-38-57)72(75)53-27-39-60(40-28-53)79-68-46-30-49-12-4-6-14-62(49)70(68)69-61-13-5-3-11-48(61)29-45-67(69)76-2/h3-46H,1-2H3. The summed E-state index contributed by atoms with van der Waals surface area (Å²) >= 11 is 0. The van der Waals surface area contributed by atoms with E-state index in [1.165, 1.54) is 22.3 Å². The van der Waals surface area contributed by atoms with E-state index in [0.717, 1.165) is 55.1 Å². The third kappa shape index (κ3) is 8.85. The number of aryl methyl sites for hydroxylation is 1. The molecule has 0 spiro atoms. The number of carbonyl (C=O) groups excluding carboxylic acids is 2. The molecule has 6 heteroatoms. The highest BCUT2D eigenvalue weighted by atomic mass is 16.5. The van der Waals surface area contributed by atoms with Crippen molar-refractivity contribution in [2.45, 2.75) is 12.3 Å². The average Bonchev–Trinajstić information content (AvgIpc) is 3.88. The minimum absolute atomic E-state index is 0.0282. The molecule has 0 heterocycles. The molecular weight excluding hydrogens is 973 g/mol. The Labute approximate surface area is 458 Å². The van der Waals surface area contributed by atoms with Crippen LogP contribution in [0.2, 0.25) is 0 Å². The van der Waals surface area contributed by atoms with Crippen LogP contribution < -0.4 is 18.9 Å². The van der Waals surface area contributed by atoms with Crippen molar-refractivity contribution < 1.29 is 28.5 Å². The molecule has 0 saturated heterocycles. The van der Waals surface area contributed by atoms with Gasteiger partial charge >= 0.3 is 0 Å². The van der Waals surface area contributed by atoms with Gasteiger partial charge in [-0.3, -0.25) is 9.59 Å². The van der Waals surface area contributed by atoms with Gasteiger partial charge in [0.2, 0.25) is 0 Å². The van der Waals surface area contributed by atoms with E-state index in [9.17, 15) is 9.59 Å². The molecule has 0 amide bonds. The van der Waals surface area contributed by atoms with Gasteiger partial charge in [-0.25, -0.2) is 0 Å². The van der Waals surface area contributed by atoms with E-state index in [2.05, 4.69) is 109 Å². The maximum atomic E-state index is 13.9. The van der Waals surface area contributed by atoms with Gasteiger partial charge in [-0.15, -0.1) is 0 Å². The highest BCUT2D eigenvalue weighted by Crippen LogP contribution is 2.56. The first kappa shape index (κ1) is 48.3. The molecule has 0 aliphatic heterocycles. The predicted octanol–water partition coefficient (Wildman–Crippen LogP) is 18.2. The summed E-state index contributed by atoms with van der Waals surface area (Å²) in [6, 6.07) is 88.0. The van der Waals surface area contributed by atoms with E-state index < -0.39 is 5.41 Å². The summed E-state index contributed by atoms with van der Waals surface area (Å²) in [7, 11) is 1.69. The summed E-state index contributed by atoms with van der Waals surface area (Å²) in [5, 5.41) is 4.29. The molecule has 0 atom stereocenters. The Balaban J connectivity index is 0.729. The van der Waals surface area contributed by atoms with Crippen LogP contribution in [-0.4, -0.2) is 18.7 Å². The molecule has 0 unspecified atom stereocenters. The van der Waals surface area contributed by atoms with Crippen LogP contribution in [0.5, 0.6) is 40.2 Å². The minimum Gasteiger partial charge on any atom is -0.496 e. The monoisotopic (exact) mass is 1020 g/mol. The van der Waals surface area contributed by atoms with Crippen molar-refractivity contribution in [1.29, 1.82) is 0 Å². The highest BCUT2D eigenvalue weighted by Gasteiger charge is 2.46. The van der Waals surface area contributed by atoms with Gasteiger partial charge in [0.15, 0.2) is 11.6 Å². The zero-order chi connectivity index (χ0) is 53.5. The van der Waals surface area contributed by atoms with E-state index in [0.29, 0.717) is 56.8 Å². The van der Waals surface area contributed by atoms with Crippen LogP contribution in [0.1, 0.15) is 59.7 Å². The van der Waals surface area contributed by atoms with Gasteiger partial charge < -0.3 is 18.9 Å². The number of rotatable bonds is 14. The minimum atomic E-state index is -0.639. The fraction of sp³-hybridized carbons (Fsp3) is 0.0411. The van der Waals surface area contributed by atoms with Gasteiger partial charge in [0.1, 0.15) is 40.2 Å². The van der Waals surface area contributed by atoms with Crippen LogP contribution in [0.15, 0.2) is 267 Å². The molecule has 1 aliphatic rings. The third-order valence-electron chi connectivity index (χ3n) is 15.1. The van der Waals surface area contributed by atoms with Gasteiger partial charge in [-0.2, -0.15) is 0 Å². The first-order valence-corrected chi connectivity index (χ1v) is 26.3. The topological polar surface area (TPSA) is 71.1 Å². The van der Waals surface area contributed by atoms with Gasteiger partial charge in [0, 0.05) is 33.4 Å². The van der Waals surface area contributed by atoms with Crippen LogP contribution in [0.25, 0.3) is 43.8 Å². The molecule has 79 heavy (non-hydrogen) atoms. The largest absolute Gasteiger partial charge is 0.496 e. The maximum Gasteiger partial charge on any atom is 0.193 e. The summed E-state index contributed by atoms with van der Waals surface area (Å²) in [6.07, 6.45) is 0. The molecule has 378 valence electrons. The second-order valence-electron chi connectivity index (χ2n) is 19.8. The van der Waals surface area contributed by atoms with Crippen molar-refractivity contribution in [2.75, 3.05) is 7.11 Å². The molecule has 12 aromatic rings. The number of hydrogen-bond acceptors (Lipinski definition) is 6. The molecule has 6 nitrogen and oxygen atoms in total. The second-order valence-corrected chi connectivity index (χ2v) is 19.8. The van der Waals surface area contributed by atoms with E-state index in [-0.39, 0.29) is 11.6 Å². The lowest BCUT2D eigenvalue weighted by atomic mass is 9.68. The van der Waals surface area contributed by atoms with E-state index >= 15 is 0 Å². The quantitative estimate of drug-likeness (QED) is 0.101. The number of methoxy groups -OCH3 is 1. The lowest BCUT2D eigenvalue weighted by molar-refractivity contribution is 0.103. The molecule has 0 bridgehead atoms. The molecule has 12 aromatic carbocycles. The zero-order valence-electron chi connectivity index (χ0n) is 43.4. The van der Waals surface area contributed by atoms with Crippen molar-refractivity contribution in [3.05, 3.63) is 317 Å². The molecule has 0 N–H and O–H groups in total. The van der Waals surface area contributed by atoms with Crippen molar-refractivity contribution in [1.82, 2.24) is 0 Å². The highest BCUT2D eigenvalue weighted by molar-refractivity contribution is 6.11. The van der Waals surface area contributed by atoms with Gasteiger partial charge in [-0.1, -0.05) is 163 Å². The van der Waals surface area contributed by atoms with E-state index in [1.807, 2.05) is 140 Å². The van der Waals surface area contributed by atoms with E-state index in [1.54, 1.807) is 31.4 Å². The first-order valence-electron chi connectivity index (χ1n) is 26.3. The van der Waals surface area contributed by atoms with Crippen LogP contribution in [0.3, 0.4) is 0 Å². The van der Waals surface area contributed by atoms with Crippen LogP contribution in [0, 0.1) is 6.92 Å². The summed E-state index contributed by atoms with van der Waals surface area (Å²) in [4.78, 5) is 27.1. The summed E-state index contributed by atoms with van der Waals surface area (Å²) in [5.74, 6) is 4.48. The zero-order valence-corrected chi connectivity index (χ0v) is 43.4. The van der Waals surface area contributed by atoms with Crippen molar-refractivity contribution in [3.8, 4) is 62.5 Å². The smallest absolute Gasteiger partial charge is 0.193 e. The number of ketones is 2. The van der Waals surface area contributed by atoms with Crippen LogP contribution in [-0.2, 0) is 5.41 Å². The first-order chi connectivity index (χ1) is 38.8. The summed E-state index contributed by atoms with van der Waals surface area (Å²) in [6.45, 7) is 2.01. The Hall–Kier alpha value is -10.3. The second kappa shape index (κ2) is 20.3. The number of benzene rings is 12. The molecule has 13 rings (SSSR count). The lowest BCUT2D eigenvalue weighted by Gasteiger charge is -2.34. The predicted molar refractivity (Wildman–Crippen MR) is 315 cm³/mol. The summed E-state index contributed by atoms with van der Waals surface area (Å²) in [5.41, 5.74) is 11.6. The van der Waals surface area contributed by atoms with Gasteiger partial charge in [0.25, 0.3) is 0 Å². The Morgan fingerprint density at radius 3 is 1.10 bits per heavy atom. The fourth-order valence-electron chi connectivity index (χ4n) is 11.3. The van der Waals surface area contributed by atoms with Gasteiger partial charge in [0.05, 0.1) is 12.5 Å². The Morgan fingerprint density at radius 2 is 0.671 bits per heavy atom. The lowest BCUT2D eigenvalue weighted by Crippen LogP contribution is -2.28. The normalized spacial score (nSPS) is 12.1. The maximum absolute atomic E-state index is 13.9. The Bertz CT molecular complexity index is 4210. The third-order valence-corrected chi connectivity index (χ3v) is 15.1. The number of ether oxygens (including phenoxy) is 4. The SMILES string of the molecule is COc1ccc2ccccc2c1-c1c(Oc2ccc(C(=O)c3ccc(Oc4ccc(C5(c6ccc(Oc7ccc(C(=O)c8ccc(C)cc8)cc7)cc6)c6ccccc6-c6ccccc65)cc4)cc3)cc2)ccc2ccccc12. The Kier molecular flexibility index (Phi) is 12.4. The van der Waals surface area contributed by atoms with Gasteiger partial charge in [-0.05, 0) is 171 Å². The molecule has 0 radical (unpaired) electrons. The van der Waals surface area contributed by atoms with Crippen molar-refractivity contribution >= 4 is 33.1 Å². The molecule has 1 aliphatic carbocycles. The molecular formula is C73H50O6. The fourth-order valence-corrected chi connectivity index (χ4v) is 11.3. The van der Waals surface area contributed by atoms with Crippen molar-refractivity contribution in [3.63, 3.8) is 0 Å². The number of fused-ring (bicyclic) bond motifs is 5. The molecule has 0 aromatic heterocycles. The Morgan fingerprint density at radius 1 is 0.329 bits per heavy atom. The number of carbonyl (C=O) groups is 2. The number of hydrogen-bond donors (Lipinski definition) is 0. The average molecular weight is 1020 g/mol. The molecule has 0 fully saturated rings. The van der Waals surface area contributed by atoms with Crippen LogP contribution in [0.4, 0.5) is 0 Å². The van der Waals surface area contributed by atoms with Crippen molar-refractivity contribution in [2.24, 2.45) is 0 Å². The summed E-state index contributed by atoms with van der Waals surface area (Å²) < 4.78 is 25.4. The van der Waals surface area contributed by atoms with Crippen LogP contribution >= 0.6 is 0 Å². The molecule has 0 saturated carbocycles. The van der Waals surface area contributed by atoms with E-state index in [4.69, 9.17) is 18.9 Å².